The van der Waals surface area contributed by atoms with Crippen LogP contribution >= 0.6 is 0 Å². The average Bonchev–Trinajstić information content (AvgIpc) is 2.89. The van der Waals surface area contributed by atoms with Crippen molar-refractivity contribution in [2.75, 3.05) is 19.3 Å². The van der Waals surface area contributed by atoms with Gasteiger partial charge in [-0.15, -0.1) is 0 Å². The van der Waals surface area contributed by atoms with E-state index in [2.05, 4.69) is 23.0 Å². The summed E-state index contributed by atoms with van der Waals surface area (Å²) in [6.45, 7) is 2.49. The number of hydrogen-bond acceptors (Lipinski definition) is 4. The van der Waals surface area contributed by atoms with Gasteiger partial charge in [0.05, 0.1) is 22.7 Å². The molecule has 0 spiro atoms. The summed E-state index contributed by atoms with van der Waals surface area (Å²) in [7, 11) is 2.08. The zero-order chi connectivity index (χ0) is 16.2. The Balaban J connectivity index is 1.65. The zero-order valence-electron chi connectivity index (χ0n) is 13.1. The van der Waals surface area contributed by atoms with E-state index in [9.17, 15) is 0 Å². The van der Waals surface area contributed by atoms with E-state index in [1.807, 2.05) is 53.1 Å². The van der Waals surface area contributed by atoms with Crippen molar-refractivity contribution in [1.29, 1.82) is 5.26 Å². The van der Waals surface area contributed by atoms with E-state index < -0.39 is 0 Å². The zero-order valence-corrected chi connectivity index (χ0v) is 13.1. The molecule has 0 saturated carbocycles. The van der Waals surface area contributed by atoms with Gasteiger partial charge in [0.1, 0.15) is 0 Å². The molecule has 0 aliphatic carbocycles. The van der Waals surface area contributed by atoms with Crippen molar-refractivity contribution in [3.63, 3.8) is 0 Å². The highest BCUT2D eigenvalue weighted by molar-refractivity contribution is 5.78. The fraction of sp³-hybridized carbons (Fsp3) is 0.222. The second kappa shape index (κ2) is 6.51. The highest BCUT2D eigenvalue weighted by Crippen LogP contribution is 2.17. The van der Waals surface area contributed by atoms with Crippen molar-refractivity contribution in [2.45, 2.75) is 13.1 Å². The molecular weight excluding hydrogens is 286 g/mol. The fourth-order valence-corrected chi connectivity index (χ4v) is 2.68. The van der Waals surface area contributed by atoms with Crippen molar-refractivity contribution < 1.29 is 0 Å². The predicted octanol–water partition coefficient (Wildman–Crippen LogP) is 2.62. The van der Waals surface area contributed by atoms with Gasteiger partial charge in [-0.25, -0.2) is 4.98 Å². The van der Waals surface area contributed by atoms with E-state index in [1.54, 1.807) is 0 Å². The third-order valence-electron chi connectivity index (χ3n) is 3.92. The molecule has 3 aromatic rings. The molecule has 1 aromatic heterocycles. The molecule has 0 aliphatic heterocycles. The number of hydrogen-bond donors (Lipinski definition) is 1. The van der Waals surface area contributed by atoms with Gasteiger partial charge in [0, 0.05) is 19.6 Å². The van der Waals surface area contributed by atoms with E-state index in [0.717, 1.165) is 30.7 Å². The molecule has 23 heavy (non-hydrogen) atoms. The van der Waals surface area contributed by atoms with Gasteiger partial charge in [-0.2, -0.15) is 5.26 Å². The van der Waals surface area contributed by atoms with Gasteiger partial charge in [-0.05, 0) is 36.9 Å². The minimum absolute atomic E-state index is 0.554. The van der Waals surface area contributed by atoms with E-state index in [1.165, 1.54) is 5.56 Å². The number of fused-ring (bicyclic) bond motifs is 1. The molecule has 0 amide bonds. The molecule has 116 valence electrons. The molecule has 0 bridgehead atoms. The van der Waals surface area contributed by atoms with Gasteiger partial charge in [0.2, 0.25) is 5.95 Å². The molecule has 2 N–H and O–H groups in total. The minimum Gasteiger partial charge on any atom is -0.369 e. The molecule has 5 heteroatoms. The third kappa shape index (κ3) is 3.33. The molecule has 0 aliphatic rings. The van der Waals surface area contributed by atoms with Crippen LogP contribution in [-0.2, 0) is 13.1 Å². The number of nitriles is 1. The smallest absolute Gasteiger partial charge is 0.201 e. The highest BCUT2D eigenvalue weighted by Gasteiger charge is 2.08. The Hall–Kier alpha value is -2.84. The Bertz CT molecular complexity index is 842. The maximum atomic E-state index is 8.83. The first kappa shape index (κ1) is 15.1. The summed E-state index contributed by atoms with van der Waals surface area (Å²) in [4.78, 5) is 6.62. The molecule has 0 unspecified atom stereocenters. The van der Waals surface area contributed by atoms with Crippen molar-refractivity contribution in [1.82, 2.24) is 14.5 Å². The highest BCUT2D eigenvalue weighted by atomic mass is 15.2. The Labute approximate surface area is 135 Å². The number of likely N-dealkylation sites (N-methyl/N-ethyl adjacent to an activating group) is 1. The fourth-order valence-electron chi connectivity index (χ4n) is 2.68. The predicted molar refractivity (Wildman–Crippen MR) is 91.6 cm³/mol. The molecule has 0 saturated heterocycles. The maximum Gasteiger partial charge on any atom is 0.201 e. The lowest BCUT2D eigenvalue weighted by Gasteiger charge is -2.17. The van der Waals surface area contributed by atoms with Crippen LogP contribution in [0, 0.1) is 11.3 Å². The lowest BCUT2D eigenvalue weighted by Crippen LogP contribution is -2.23. The van der Waals surface area contributed by atoms with E-state index in [0.29, 0.717) is 11.5 Å². The largest absolute Gasteiger partial charge is 0.369 e. The van der Waals surface area contributed by atoms with Crippen molar-refractivity contribution in [3.05, 3.63) is 59.7 Å². The van der Waals surface area contributed by atoms with Gasteiger partial charge in [0.15, 0.2) is 0 Å². The van der Waals surface area contributed by atoms with Gasteiger partial charge in [-0.1, -0.05) is 24.3 Å². The van der Waals surface area contributed by atoms with Gasteiger partial charge in [0.25, 0.3) is 0 Å². The van der Waals surface area contributed by atoms with E-state index >= 15 is 0 Å². The molecule has 0 radical (unpaired) electrons. The SMILES string of the molecule is CN(CCn1c(N)nc2ccccc21)Cc1ccc(C#N)cc1. The normalized spacial score (nSPS) is 11.0. The summed E-state index contributed by atoms with van der Waals surface area (Å²) in [6.07, 6.45) is 0. The number of nitrogens with zero attached hydrogens (tertiary/aromatic N) is 4. The number of rotatable bonds is 5. The Kier molecular flexibility index (Phi) is 4.26. The lowest BCUT2D eigenvalue weighted by atomic mass is 10.1. The first-order chi connectivity index (χ1) is 11.2. The topological polar surface area (TPSA) is 70.9 Å². The number of para-hydroxylation sites is 2. The van der Waals surface area contributed by atoms with Crippen molar-refractivity contribution in [2.24, 2.45) is 0 Å². The van der Waals surface area contributed by atoms with Crippen LogP contribution in [0.15, 0.2) is 48.5 Å². The summed E-state index contributed by atoms with van der Waals surface area (Å²) >= 11 is 0. The number of nitrogen functional groups attached to an aromatic ring is 1. The number of imidazole rings is 1. The standard InChI is InChI=1S/C18H19N5/c1-22(13-15-8-6-14(12-19)7-9-15)10-11-23-17-5-3-2-4-16(17)21-18(23)20/h2-9H,10-11,13H2,1H3,(H2,20,21). The van der Waals surface area contributed by atoms with Crippen LogP contribution in [0.1, 0.15) is 11.1 Å². The summed E-state index contributed by atoms with van der Waals surface area (Å²) in [5.41, 5.74) is 9.90. The van der Waals surface area contributed by atoms with Crippen LogP contribution in [0.25, 0.3) is 11.0 Å². The van der Waals surface area contributed by atoms with Crippen molar-refractivity contribution in [3.8, 4) is 6.07 Å². The molecule has 3 rings (SSSR count). The van der Waals surface area contributed by atoms with Gasteiger partial charge in [-0.3, -0.25) is 0 Å². The van der Waals surface area contributed by atoms with Crippen LogP contribution in [0.4, 0.5) is 5.95 Å². The summed E-state index contributed by atoms with van der Waals surface area (Å²) in [6, 6.07) is 17.8. The molecule has 0 fully saturated rings. The second-order valence-corrected chi connectivity index (χ2v) is 5.66. The molecular formula is C18H19N5. The van der Waals surface area contributed by atoms with Gasteiger partial charge >= 0.3 is 0 Å². The maximum absolute atomic E-state index is 8.83. The van der Waals surface area contributed by atoms with Crippen LogP contribution in [0.5, 0.6) is 0 Å². The van der Waals surface area contributed by atoms with E-state index in [4.69, 9.17) is 11.0 Å². The molecule has 1 heterocycles. The third-order valence-corrected chi connectivity index (χ3v) is 3.92. The lowest BCUT2D eigenvalue weighted by molar-refractivity contribution is 0.314. The molecule has 2 aromatic carbocycles. The Morgan fingerprint density at radius 1 is 1.17 bits per heavy atom. The number of nitrogens with two attached hydrogens (primary N) is 1. The molecule has 5 nitrogen and oxygen atoms in total. The van der Waals surface area contributed by atoms with Gasteiger partial charge < -0.3 is 15.2 Å². The number of anilines is 1. The minimum atomic E-state index is 0.554. The summed E-state index contributed by atoms with van der Waals surface area (Å²) in [5.74, 6) is 0.554. The van der Waals surface area contributed by atoms with Crippen LogP contribution in [0.2, 0.25) is 0 Å². The molecule has 0 atom stereocenters. The van der Waals surface area contributed by atoms with E-state index in [-0.39, 0.29) is 0 Å². The summed E-state index contributed by atoms with van der Waals surface area (Å²) in [5, 5.41) is 8.83. The first-order valence-corrected chi connectivity index (χ1v) is 7.55. The monoisotopic (exact) mass is 305 g/mol. The number of aromatic nitrogens is 2. The Morgan fingerprint density at radius 2 is 1.91 bits per heavy atom. The Morgan fingerprint density at radius 3 is 2.65 bits per heavy atom. The van der Waals surface area contributed by atoms with Crippen LogP contribution in [-0.4, -0.2) is 28.0 Å². The quantitative estimate of drug-likeness (QED) is 0.786. The second-order valence-electron chi connectivity index (χ2n) is 5.66. The van der Waals surface area contributed by atoms with Crippen LogP contribution in [0.3, 0.4) is 0 Å². The first-order valence-electron chi connectivity index (χ1n) is 7.55. The summed E-state index contributed by atoms with van der Waals surface area (Å²) < 4.78 is 2.05. The van der Waals surface area contributed by atoms with Crippen LogP contribution < -0.4 is 5.73 Å². The average molecular weight is 305 g/mol. The number of benzene rings is 2. The van der Waals surface area contributed by atoms with Crippen molar-refractivity contribution >= 4 is 17.0 Å².